The summed E-state index contributed by atoms with van der Waals surface area (Å²) < 4.78 is 0. The molecule has 2 heterocycles. The van der Waals surface area contributed by atoms with E-state index in [-0.39, 0.29) is 6.04 Å². The lowest BCUT2D eigenvalue weighted by Crippen LogP contribution is -2.45. The third-order valence-corrected chi connectivity index (χ3v) is 3.10. The summed E-state index contributed by atoms with van der Waals surface area (Å²) in [5, 5.41) is 15.3. The van der Waals surface area contributed by atoms with E-state index in [1.807, 2.05) is 24.3 Å². The summed E-state index contributed by atoms with van der Waals surface area (Å²) in [6, 6.07) is 7.63. The SMILES string of the molecule is O=C(O)C1C=C2c3ccccc3NC2CN1. The second-order valence-electron chi connectivity index (χ2n) is 4.09. The Bertz CT molecular complexity index is 482. The first-order chi connectivity index (χ1) is 7.75. The first kappa shape index (κ1) is 9.42. The van der Waals surface area contributed by atoms with Crippen LogP contribution in [0.5, 0.6) is 0 Å². The predicted octanol–water partition coefficient (Wildman–Crippen LogP) is 0.920. The van der Waals surface area contributed by atoms with Crippen molar-refractivity contribution < 1.29 is 9.90 Å². The van der Waals surface area contributed by atoms with E-state index in [1.165, 1.54) is 0 Å². The standard InChI is InChI=1S/C12H12N2O2/c15-12(16)10-5-8-7-3-1-2-4-9(7)14-11(8)6-13-10/h1-5,10-11,13-14H,6H2,(H,15,16). The van der Waals surface area contributed by atoms with E-state index < -0.39 is 12.0 Å². The van der Waals surface area contributed by atoms with Crippen LogP contribution in [0.25, 0.3) is 5.57 Å². The van der Waals surface area contributed by atoms with Gasteiger partial charge in [-0.3, -0.25) is 10.1 Å². The van der Waals surface area contributed by atoms with E-state index >= 15 is 0 Å². The Kier molecular flexibility index (Phi) is 1.97. The van der Waals surface area contributed by atoms with Gasteiger partial charge < -0.3 is 10.4 Å². The van der Waals surface area contributed by atoms with Crippen LogP contribution in [0, 0.1) is 0 Å². The van der Waals surface area contributed by atoms with Crippen molar-refractivity contribution in [3.05, 3.63) is 35.9 Å². The van der Waals surface area contributed by atoms with Crippen molar-refractivity contribution in [1.82, 2.24) is 5.32 Å². The molecule has 0 saturated heterocycles. The maximum Gasteiger partial charge on any atom is 0.324 e. The summed E-state index contributed by atoms with van der Waals surface area (Å²) >= 11 is 0. The minimum atomic E-state index is -0.824. The molecular formula is C12H12N2O2. The van der Waals surface area contributed by atoms with Crippen molar-refractivity contribution in [1.29, 1.82) is 0 Å². The summed E-state index contributed by atoms with van der Waals surface area (Å²) in [4.78, 5) is 10.9. The Morgan fingerprint density at radius 3 is 3.00 bits per heavy atom. The van der Waals surface area contributed by atoms with Gasteiger partial charge in [0.1, 0.15) is 6.04 Å². The number of para-hydroxylation sites is 1. The smallest absolute Gasteiger partial charge is 0.324 e. The molecule has 2 aliphatic rings. The molecule has 2 aliphatic heterocycles. The van der Waals surface area contributed by atoms with Crippen molar-refractivity contribution >= 4 is 17.2 Å². The normalized spacial score (nSPS) is 26.4. The van der Waals surface area contributed by atoms with Crippen LogP contribution in [-0.2, 0) is 4.79 Å². The van der Waals surface area contributed by atoms with Gasteiger partial charge in [-0.05, 0) is 11.6 Å². The van der Waals surface area contributed by atoms with Gasteiger partial charge in [0.05, 0.1) is 6.04 Å². The maximum absolute atomic E-state index is 10.9. The number of hydrogen-bond donors (Lipinski definition) is 3. The highest BCUT2D eigenvalue weighted by Crippen LogP contribution is 2.36. The van der Waals surface area contributed by atoms with Gasteiger partial charge in [-0.2, -0.15) is 0 Å². The zero-order chi connectivity index (χ0) is 11.1. The van der Waals surface area contributed by atoms with E-state index in [2.05, 4.69) is 10.6 Å². The number of carbonyl (C=O) groups is 1. The summed E-state index contributed by atoms with van der Waals surface area (Å²) in [5.41, 5.74) is 3.31. The number of nitrogens with one attached hydrogen (secondary N) is 2. The lowest BCUT2D eigenvalue weighted by molar-refractivity contribution is -0.138. The number of fused-ring (bicyclic) bond motifs is 3. The van der Waals surface area contributed by atoms with Crippen molar-refractivity contribution in [3.8, 4) is 0 Å². The van der Waals surface area contributed by atoms with Gasteiger partial charge in [-0.25, -0.2) is 0 Å². The molecule has 0 amide bonds. The molecule has 0 radical (unpaired) electrons. The van der Waals surface area contributed by atoms with Crippen molar-refractivity contribution in [3.63, 3.8) is 0 Å². The number of carboxylic acids is 1. The molecule has 1 aromatic rings. The number of aliphatic carboxylic acids is 1. The first-order valence-corrected chi connectivity index (χ1v) is 5.29. The van der Waals surface area contributed by atoms with Crippen LogP contribution in [-0.4, -0.2) is 29.7 Å². The molecule has 16 heavy (non-hydrogen) atoms. The molecule has 3 rings (SSSR count). The van der Waals surface area contributed by atoms with Crippen LogP contribution in [0.1, 0.15) is 5.56 Å². The van der Waals surface area contributed by atoms with Gasteiger partial charge in [0.25, 0.3) is 0 Å². The second kappa shape index (κ2) is 3.35. The molecule has 0 bridgehead atoms. The molecule has 0 fully saturated rings. The molecule has 0 aliphatic carbocycles. The monoisotopic (exact) mass is 216 g/mol. The number of hydrogen-bond acceptors (Lipinski definition) is 3. The Hall–Kier alpha value is -1.81. The van der Waals surface area contributed by atoms with Crippen molar-refractivity contribution in [2.45, 2.75) is 12.1 Å². The Morgan fingerprint density at radius 1 is 1.38 bits per heavy atom. The zero-order valence-electron chi connectivity index (χ0n) is 8.60. The average Bonchev–Trinajstić information content (AvgIpc) is 2.66. The quantitative estimate of drug-likeness (QED) is 0.653. The van der Waals surface area contributed by atoms with Crippen LogP contribution in [0.2, 0.25) is 0 Å². The highest BCUT2D eigenvalue weighted by molar-refractivity contribution is 5.90. The van der Waals surface area contributed by atoms with Crippen LogP contribution in [0.4, 0.5) is 5.69 Å². The average molecular weight is 216 g/mol. The molecule has 4 nitrogen and oxygen atoms in total. The molecule has 1 aromatic carbocycles. The van der Waals surface area contributed by atoms with Crippen LogP contribution in [0.3, 0.4) is 0 Å². The molecule has 4 heteroatoms. The lowest BCUT2D eigenvalue weighted by atomic mass is 9.96. The van der Waals surface area contributed by atoms with E-state index in [4.69, 9.17) is 5.11 Å². The van der Waals surface area contributed by atoms with E-state index in [9.17, 15) is 4.79 Å². The van der Waals surface area contributed by atoms with Gasteiger partial charge >= 0.3 is 5.97 Å². The predicted molar refractivity (Wildman–Crippen MR) is 61.3 cm³/mol. The third kappa shape index (κ3) is 1.31. The maximum atomic E-state index is 10.9. The second-order valence-corrected chi connectivity index (χ2v) is 4.09. The molecule has 0 aromatic heterocycles. The van der Waals surface area contributed by atoms with E-state index in [0.29, 0.717) is 6.54 Å². The lowest BCUT2D eigenvalue weighted by Gasteiger charge is -2.23. The minimum Gasteiger partial charge on any atom is -0.480 e. The number of carboxylic acid groups (broad SMARTS) is 1. The summed E-state index contributed by atoms with van der Waals surface area (Å²) in [7, 11) is 0. The number of benzene rings is 1. The molecule has 2 atom stereocenters. The Morgan fingerprint density at radius 2 is 2.19 bits per heavy atom. The van der Waals surface area contributed by atoms with Crippen molar-refractivity contribution in [2.75, 3.05) is 11.9 Å². The third-order valence-electron chi connectivity index (χ3n) is 3.10. The summed E-state index contributed by atoms with van der Waals surface area (Å²) in [6.45, 7) is 0.650. The van der Waals surface area contributed by atoms with Gasteiger partial charge in [-0.15, -0.1) is 0 Å². The molecule has 2 unspecified atom stereocenters. The molecule has 82 valence electrons. The van der Waals surface area contributed by atoms with Crippen LogP contribution >= 0.6 is 0 Å². The summed E-state index contributed by atoms with van der Waals surface area (Å²) in [5.74, 6) is -0.824. The van der Waals surface area contributed by atoms with E-state index in [0.717, 1.165) is 16.8 Å². The van der Waals surface area contributed by atoms with Crippen molar-refractivity contribution in [2.24, 2.45) is 0 Å². The molecular weight excluding hydrogens is 204 g/mol. The Labute approximate surface area is 93.0 Å². The molecule has 0 saturated carbocycles. The van der Waals surface area contributed by atoms with Crippen LogP contribution in [0.15, 0.2) is 30.3 Å². The molecule has 0 spiro atoms. The summed E-state index contributed by atoms with van der Waals surface area (Å²) in [6.07, 6.45) is 1.80. The van der Waals surface area contributed by atoms with Gasteiger partial charge in [-0.1, -0.05) is 24.3 Å². The van der Waals surface area contributed by atoms with Crippen LogP contribution < -0.4 is 10.6 Å². The molecule has 3 N–H and O–H groups in total. The minimum absolute atomic E-state index is 0.202. The van der Waals surface area contributed by atoms with E-state index in [1.54, 1.807) is 6.08 Å². The fourth-order valence-electron chi connectivity index (χ4n) is 2.32. The Balaban J connectivity index is 2.04. The highest BCUT2D eigenvalue weighted by atomic mass is 16.4. The largest absolute Gasteiger partial charge is 0.480 e. The van der Waals surface area contributed by atoms with Gasteiger partial charge in [0, 0.05) is 17.8 Å². The van der Waals surface area contributed by atoms with Gasteiger partial charge in [0.15, 0.2) is 0 Å². The topological polar surface area (TPSA) is 61.4 Å². The fourth-order valence-corrected chi connectivity index (χ4v) is 2.32. The highest BCUT2D eigenvalue weighted by Gasteiger charge is 2.32. The number of rotatable bonds is 1. The number of anilines is 1. The first-order valence-electron chi connectivity index (χ1n) is 5.29. The zero-order valence-corrected chi connectivity index (χ0v) is 8.60. The van der Waals surface area contributed by atoms with Gasteiger partial charge in [0.2, 0.25) is 0 Å². The fraction of sp³-hybridized carbons (Fsp3) is 0.250.